The standard InChI is InChI=1S/C27H22BrFN2O5S/c1-3-31-25(32)23(37-27(31)30-20-6-4-5-18(14-20)26(33)34)13-17-11-21(28)24(22(12-17)35-2)36-15-16-7-9-19(29)10-8-16/h4-14H,3,15H2,1-2H3,(H,33,34)/b23-13-,30-27?. The van der Waals surface area contributed by atoms with E-state index in [0.717, 1.165) is 5.56 Å². The Morgan fingerprint density at radius 2 is 1.95 bits per heavy atom. The molecule has 37 heavy (non-hydrogen) atoms. The zero-order valence-corrected chi connectivity index (χ0v) is 22.3. The number of ether oxygens (including phenoxy) is 2. The van der Waals surface area contributed by atoms with Crippen LogP contribution in [0.4, 0.5) is 10.1 Å². The van der Waals surface area contributed by atoms with Gasteiger partial charge in [0.25, 0.3) is 5.91 Å². The second kappa shape index (κ2) is 11.6. The van der Waals surface area contributed by atoms with Crippen LogP contribution in [0.3, 0.4) is 0 Å². The average molecular weight is 585 g/mol. The fourth-order valence-corrected chi connectivity index (χ4v) is 5.18. The van der Waals surface area contributed by atoms with Crippen molar-refractivity contribution in [2.45, 2.75) is 13.5 Å². The number of halogens is 2. The van der Waals surface area contributed by atoms with Crippen LogP contribution in [0.25, 0.3) is 6.08 Å². The van der Waals surface area contributed by atoms with Crippen molar-refractivity contribution in [3.8, 4) is 11.5 Å². The number of aliphatic imine (C=N–C) groups is 1. The second-order valence-corrected chi connectivity index (χ2v) is 9.72. The van der Waals surface area contributed by atoms with Crippen molar-refractivity contribution >= 4 is 56.5 Å². The molecule has 10 heteroatoms. The van der Waals surface area contributed by atoms with Gasteiger partial charge in [-0.05, 0) is 94.3 Å². The number of benzene rings is 3. The molecule has 0 spiro atoms. The molecule has 3 aromatic rings. The van der Waals surface area contributed by atoms with E-state index in [-0.39, 0.29) is 23.9 Å². The lowest BCUT2D eigenvalue weighted by Crippen LogP contribution is -2.28. The summed E-state index contributed by atoms with van der Waals surface area (Å²) in [4.78, 5) is 30.9. The number of hydrogen-bond acceptors (Lipinski definition) is 6. The molecule has 1 N–H and O–H groups in total. The molecule has 1 saturated heterocycles. The van der Waals surface area contributed by atoms with Gasteiger partial charge in [-0.15, -0.1) is 0 Å². The molecule has 1 aliphatic rings. The maximum absolute atomic E-state index is 13.2. The topological polar surface area (TPSA) is 88.4 Å². The molecule has 190 valence electrons. The van der Waals surface area contributed by atoms with E-state index in [1.807, 2.05) is 13.0 Å². The number of hydrogen-bond donors (Lipinski definition) is 1. The number of carboxylic acid groups (broad SMARTS) is 1. The number of methoxy groups -OCH3 is 1. The predicted molar refractivity (Wildman–Crippen MR) is 145 cm³/mol. The van der Waals surface area contributed by atoms with E-state index in [9.17, 15) is 19.1 Å². The lowest BCUT2D eigenvalue weighted by atomic mass is 10.1. The molecule has 0 aromatic heterocycles. The summed E-state index contributed by atoms with van der Waals surface area (Å²) in [7, 11) is 1.52. The number of amidine groups is 1. The van der Waals surface area contributed by atoms with E-state index >= 15 is 0 Å². The Morgan fingerprint density at radius 3 is 2.62 bits per heavy atom. The number of aromatic carboxylic acids is 1. The lowest BCUT2D eigenvalue weighted by Gasteiger charge is -2.14. The second-order valence-electron chi connectivity index (χ2n) is 7.86. The first-order valence-electron chi connectivity index (χ1n) is 11.2. The van der Waals surface area contributed by atoms with E-state index in [4.69, 9.17) is 9.47 Å². The SMILES string of the molecule is CCN1C(=O)/C(=C/c2cc(Br)c(OCc3ccc(F)cc3)c(OC)c2)SC1=Nc1cccc(C(=O)O)c1. The first kappa shape index (κ1) is 26.4. The minimum atomic E-state index is -1.05. The summed E-state index contributed by atoms with van der Waals surface area (Å²) in [5.74, 6) is -0.620. The smallest absolute Gasteiger partial charge is 0.335 e. The van der Waals surface area contributed by atoms with E-state index in [1.54, 1.807) is 36.4 Å². The predicted octanol–water partition coefficient (Wildman–Crippen LogP) is 6.50. The van der Waals surface area contributed by atoms with Gasteiger partial charge in [-0.2, -0.15) is 0 Å². The first-order chi connectivity index (χ1) is 17.8. The number of nitrogens with zero attached hydrogens (tertiary/aromatic N) is 2. The van der Waals surface area contributed by atoms with Crippen molar-refractivity contribution in [2.24, 2.45) is 4.99 Å². The third kappa shape index (κ3) is 6.20. The molecular formula is C27H22BrFN2O5S. The normalized spacial score (nSPS) is 15.5. The summed E-state index contributed by atoms with van der Waals surface area (Å²) >= 11 is 4.73. The molecule has 1 aliphatic heterocycles. The number of amides is 1. The summed E-state index contributed by atoms with van der Waals surface area (Å²) in [6.07, 6.45) is 1.74. The molecule has 1 fully saturated rings. The largest absolute Gasteiger partial charge is 0.493 e. The molecule has 0 unspecified atom stereocenters. The Kier molecular flexibility index (Phi) is 8.30. The Labute approximate surface area is 225 Å². The fourth-order valence-electron chi connectivity index (χ4n) is 3.54. The molecule has 1 heterocycles. The number of carboxylic acids is 1. The minimum Gasteiger partial charge on any atom is -0.493 e. The Hall–Kier alpha value is -3.63. The van der Waals surface area contributed by atoms with Gasteiger partial charge in [0, 0.05) is 6.54 Å². The number of likely N-dealkylation sites (N-methyl/N-ethyl adjacent to an activating group) is 1. The van der Waals surface area contributed by atoms with Crippen LogP contribution < -0.4 is 9.47 Å². The minimum absolute atomic E-state index is 0.119. The summed E-state index contributed by atoms with van der Waals surface area (Å²) in [6, 6.07) is 15.9. The van der Waals surface area contributed by atoms with Crippen LogP contribution in [-0.2, 0) is 11.4 Å². The molecular weight excluding hydrogens is 563 g/mol. The van der Waals surface area contributed by atoms with Crippen LogP contribution in [0.2, 0.25) is 0 Å². The lowest BCUT2D eigenvalue weighted by molar-refractivity contribution is -0.122. The molecule has 7 nitrogen and oxygen atoms in total. The van der Waals surface area contributed by atoms with Crippen LogP contribution in [-0.4, -0.2) is 40.7 Å². The van der Waals surface area contributed by atoms with E-state index in [1.165, 1.54) is 48.0 Å². The van der Waals surface area contributed by atoms with E-state index in [0.29, 0.717) is 43.8 Å². The van der Waals surface area contributed by atoms with Gasteiger partial charge in [-0.1, -0.05) is 18.2 Å². The van der Waals surface area contributed by atoms with Crippen molar-refractivity contribution in [3.63, 3.8) is 0 Å². The van der Waals surface area contributed by atoms with Crippen molar-refractivity contribution in [1.29, 1.82) is 0 Å². The van der Waals surface area contributed by atoms with E-state index < -0.39 is 5.97 Å². The highest BCUT2D eigenvalue weighted by molar-refractivity contribution is 9.10. The highest BCUT2D eigenvalue weighted by atomic mass is 79.9. The molecule has 4 rings (SSSR count). The van der Waals surface area contributed by atoms with Crippen molar-refractivity contribution in [1.82, 2.24) is 4.90 Å². The van der Waals surface area contributed by atoms with Gasteiger partial charge in [-0.25, -0.2) is 14.2 Å². The highest BCUT2D eigenvalue weighted by Gasteiger charge is 2.32. The molecule has 1 amide bonds. The van der Waals surface area contributed by atoms with Gasteiger partial charge >= 0.3 is 5.97 Å². The van der Waals surface area contributed by atoms with Gasteiger partial charge in [-0.3, -0.25) is 9.69 Å². The number of rotatable bonds is 8. The summed E-state index contributed by atoms with van der Waals surface area (Å²) in [5.41, 5.74) is 2.07. The maximum atomic E-state index is 13.2. The number of carbonyl (C=O) groups excluding carboxylic acids is 1. The van der Waals surface area contributed by atoms with Gasteiger partial charge in [0.15, 0.2) is 16.7 Å². The third-order valence-electron chi connectivity index (χ3n) is 5.37. The van der Waals surface area contributed by atoms with Gasteiger partial charge < -0.3 is 14.6 Å². The molecule has 0 atom stereocenters. The number of carbonyl (C=O) groups is 2. The molecule has 0 aliphatic carbocycles. The van der Waals surface area contributed by atoms with Crippen LogP contribution in [0.5, 0.6) is 11.5 Å². The summed E-state index contributed by atoms with van der Waals surface area (Å²) < 4.78 is 25.2. The van der Waals surface area contributed by atoms with E-state index in [2.05, 4.69) is 20.9 Å². The summed E-state index contributed by atoms with van der Waals surface area (Å²) in [6.45, 7) is 2.47. The molecule has 3 aromatic carbocycles. The Bertz CT molecular complexity index is 1410. The van der Waals surface area contributed by atoms with Crippen LogP contribution in [0, 0.1) is 5.82 Å². The first-order valence-corrected chi connectivity index (χ1v) is 12.8. The van der Waals surface area contributed by atoms with Crippen molar-refractivity contribution in [3.05, 3.63) is 92.5 Å². The van der Waals surface area contributed by atoms with Crippen LogP contribution in [0.1, 0.15) is 28.4 Å². The molecule has 0 bridgehead atoms. The fraction of sp³-hybridized carbons (Fsp3) is 0.148. The maximum Gasteiger partial charge on any atom is 0.335 e. The van der Waals surface area contributed by atoms with Crippen molar-refractivity contribution in [2.75, 3.05) is 13.7 Å². The van der Waals surface area contributed by atoms with Gasteiger partial charge in [0.05, 0.1) is 27.7 Å². The van der Waals surface area contributed by atoms with Crippen molar-refractivity contribution < 1.29 is 28.6 Å². The quantitative estimate of drug-likeness (QED) is 0.304. The molecule has 0 saturated carbocycles. The average Bonchev–Trinajstić information content (AvgIpc) is 3.17. The zero-order valence-electron chi connectivity index (χ0n) is 19.9. The Balaban J connectivity index is 1.59. The van der Waals surface area contributed by atoms with Gasteiger partial charge in [0.2, 0.25) is 0 Å². The highest BCUT2D eigenvalue weighted by Crippen LogP contribution is 2.40. The third-order valence-corrected chi connectivity index (χ3v) is 6.96. The monoisotopic (exact) mass is 584 g/mol. The van der Waals surface area contributed by atoms with Crippen LogP contribution >= 0.6 is 27.7 Å². The molecule has 0 radical (unpaired) electrons. The van der Waals surface area contributed by atoms with Crippen LogP contribution in [0.15, 0.2) is 75.0 Å². The zero-order chi connectivity index (χ0) is 26.5. The number of thioether (sulfide) groups is 1. The Morgan fingerprint density at radius 1 is 1.19 bits per heavy atom. The van der Waals surface area contributed by atoms with Gasteiger partial charge in [0.1, 0.15) is 12.4 Å². The summed E-state index contributed by atoms with van der Waals surface area (Å²) in [5, 5.41) is 9.70.